The zero-order chi connectivity index (χ0) is 13.3. The molecule has 0 bridgehead atoms. The first-order valence-electron chi connectivity index (χ1n) is 6.47. The molecule has 104 valence electrons. The summed E-state index contributed by atoms with van der Waals surface area (Å²) in [5.41, 5.74) is 0. The fraction of sp³-hybridized carbons (Fsp3) is 1.00. The van der Waals surface area contributed by atoms with Crippen molar-refractivity contribution in [1.29, 1.82) is 0 Å². The maximum atomic E-state index is 10.2. The Bertz CT molecular complexity index is 280. The third kappa shape index (κ3) is 13.3. The van der Waals surface area contributed by atoms with Gasteiger partial charge in [0.2, 0.25) is 10.4 Å². The van der Waals surface area contributed by atoms with Gasteiger partial charge in [0.05, 0.1) is 6.61 Å². The van der Waals surface area contributed by atoms with E-state index in [1.165, 1.54) is 25.7 Å². The maximum Gasteiger partial charge on any atom is 1.00 e. The van der Waals surface area contributed by atoms with Gasteiger partial charge in [0.25, 0.3) is 0 Å². The molecule has 0 rings (SSSR count). The number of rotatable bonds is 10. The van der Waals surface area contributed by atoms with Gasteiger partial charge in [0.1, 0.15) is 0 Å². The van der Waals surface area contributed by atoms with Gasteiger partial charge in [-0.2, -0.15) is 0 Å². The van der Waals surface area contributed by atoms with E-state index in [2.05, 4.69) is 25.0 Å². The zero-order valence-corrected chi connectivity index (χ0v) is 15.0. The number of hydrogen-bond donors (Lipinski definition) is 0. The fourth-order valence-electron chi connectivity index (χ4n) is 1.85. The summed E-state index contributed by atoms with van der Waals surface area (Å²) in [6.07, 6.45) is 6.51. The first-order valence-corrected chi connectivity index (χ1v) is 7.80. The molecule has 2 atom stereocenters. The minimum absolute atomic E-state index is 0. The van der Waals surface area contributed by atoms with Crippen LogP contribution in [0.3, 0.4) is 0 Å². The smallest absolute Gasteiger partial charge is 0.726 e. The van der Waals surface area contributed by atoms with Crippen molar-refractivity contribution >= 4 is 10.4 Å². The predicted octanol–water partition coefficient (Wildman–Crippen LogP) is 0.0999. The molecule has 0 radical (unpaired) electrons. The third-order valence-corrected chi connectivity index (χ3v) is 3.72. The number of unbranched alkanes of at least 4 members (excludes halogenated alkanes) is 2. The predicted molar refractivity (Wildman–Crippen MR) is 67.4 cm³/mol. The van der Waals surface area contributed by atoms with Crippen LogP contribution in [0.2, 0.25) is 0 Å². The van der Waals surface area contributed by atoms with Crippen LogP contribution in [0, 0.1) is 11.8 Å². The maximum absolute atomic E-state index is 10.2. The molecule has 4 nitrogen and oxygen atoms in total. The Morgan fingerprint density at radius 3 is 2.00 bits per heavy atom. The molecule has 6 heteroatoms. The van der Waals surface area contributed by atoms with Crippen LogP contribution in [0.15, 0.2) is 0 Å². The Hall–Kier alpha value is 0.870. The molecule has 0 amide bonds. The Kier molecular flexibility index (Phi) is 13.7. The van der Waals surface area contributed by atoms with E-state index in [4.69, 9.17) is 0 Å². The Morgan fingerprint density at radius 2 is 1.56 bits per heavy atom. The fourth-order valence-corrected chi connectivity index (χ4v) is 2.17. The summed E-state index contributed by atoms with van der Waals surface area (Å²) in [6.45, 7) is 6.60. The average molecular weight is 288 g/mol. The second-order valence-corrected chi connectivity index (χ2v) is 5.88. The van der Waals surface area contributed by atoms with Gasteiger partial charge < -0.3 is 4.55 Å². The second kappa shape index (κ2) is 11.7. The van der Waals surface area contributed by atoms with E-state index in [0.717, 1.165) is 6.42 Å². The van der Waals surface area contributed by atoms with Crippen molar-refractivity contribution in [3.05, 3.63) is 0 Å². The molecular weight excluding hydrogens is 263 g/mol. The third-order valence-electron chi connectivity index (χ3n) is 3.27. The summed E-state index contributed by atoms with van der Waals surface area (Å²) in [5.74, 6) is 1.19. The number of hydrogen-bond acceptors (Lipinski definition) is 4. The van der Waals surface area contributed by atoms with Crippen LogP contribution in [0.4, 0.5) is 0 Å². The SMILES string of the molecule is CCCCCC(C)C(C)CCCOS(=O)(=O)[O-].[Na+]. The molecular formula is C12H25NaO4S. The van der Waals surface area contributed by atoms with Crippen LogP contribution in [0.5, 0.6) is 0 Å². The molecule has 0 aromatic carbocycles. The van der Waals surface area contributed by atoms with E-state index in [0.29, 0.717) is 18.3 Å². The van der Waals surface area contributed by atoms with Crippen molar-refractivity contribution in [1.82, 2.24) is 0 Å². The minimum Gasteiger partial charge on any atom is -0.726 e. The normalized spacial score (nSPS) is 14.9. The summed E-state index contributed by atoms with van der Waals surface area (Å²) in [6, 6.07) is 0. The quantitative estimate of drug-likeness (QED) is 0.247. The zero-order valence-electron chi connectivity index (χ0n) is 12.1. The van der Waals surface area contributed by atoms with Gasteiger partial charge in [-0.3, -0.25) is 4.18 Å². The molecule has 0 saturated carbocycles. The van der Waals surface area contributed by atoms with Gasteiger partial charge in [-0.25, -0.2) is 8.42 Å². The standard InChI is InChI=1S/C12H26O4S.Na/c1-4-5-6-8-11(2)12(3)9-7-10-16-17(13,14)15;/h11-12H,4-10H2,1-3H3,(H,13,14,15);/q;+1/p-1. The van der Waals surface area contributed by atoms with E-state index < -0.39 is 10.4 Å². The largest absolute Gasteiger partial charge is 1.00 e. The summed E-state index contributed by atoms with van der Waals surface area (Å²) in [7, 11) is -4.51. The van der Waals surface area contributed by atoms with Crippen LogP contribution in [0.25, 0.3) is 0 Å². The van der Waals surface area contributed by atoms with Crippen LogP contribution in [-0.4, -0.2) is 19.6 Å². The van der Waals surface area contributed by atoms with Gasteiger partial charge in [-0.05, 0) is 24.7 Å². The summed E-state index contributed by atoms with van der Waals surface area (Å²) in [4.78, 5) is 0. The molecule has 0 aliphatic carbocycles. The van der Waals surface area contributed by atoms with Crippen molar-refractivity contribution in [2.24, 2.45) is 11.8 Å². The Balaban J connectivity index is 0. The topological polar surface area (TPSA) is 66.4 Å². The van der Waals surface area contributed by atoms with Crippen molar-refractivity contribution in [3.63, 3.8) is 0 Å². The van der Waals surface area contributed by atoms with E-state index in [9.17, 15) is 13.0 Å². The molecule has 0 aliphatic rings. The van der Waals surface area contributed by atoms with Crippen LogP contribution < -0.4 is 29.6 Å². The van der Waals surface area contributed by atoms with E-state index in [1.54, 1.807) is 0 Å². The van der Waals surface area contributed by atoms with Crippen molar-refractivity contribution in [2.45, 2.75) is 59.3 Å². The van der Waals surface area contributed by atoms with E-state index >= 15 is 0 Å². The van der Waals surface area contributed by atoms with Gasteiger partial charge in [-0.15, -0.1) is 0 Å². The van der Waals surface area contributed by atoms with Crippen LogP contribution in [0.1, 0.15) is 59.3 Å². The van der Waals surface area contributed by atoms with Crippen molar-refractivity contribution in [2.75, 3.05) is 6.61 Å². The Morgan fingerprint density at radius 1 is 1.06 bits per heavy atom. The van der Waals surface area contributed by atoms with Crippen molar-refractivity contribution < 1.29 is 46.7 Å². The van der Waals surface area contributed by atoms with Crippen LogP contribution in [-0.2, 0) is 14.6 Å². The molecule has 0 fully saturated rings. The molecule has 0 spiro atoms. The molecule has 2 unspecified atom stereocenters. The first-order chi connectivity index (χ1) is 7.87. The first kappa shape index (κ1) is 21.2. The molecule has 0 saturated heterocycles. The summed E-state index contributed by atoms with van der Waals surface area (Å²) in [5, 5.41) is 0. The monoisotopic (exact) mass is 288 g/mol. The molecule has 0 aliphatic heterocycles. The Labute approximate surface area is 134 Å². The molecule has 18 heavy (non-hydrogen) atoms. The molecule has 0 aromatic rings. The molecule has 0 N–H and O–H groups in total. The second-order valence-electron chi connectivity index (χ2n) is 4.82. The van der Waals surface area contributed by atoms with Crippen molar-refractivity contribution in [3.8, 4) is 0 Å². The van der Waals surface area contributed by atoms with Crippen LogP contribution >= 0.6 is 0 Å². The van der Waals surface area contributed by atoms with E-state index in [1.807, 2.05) is 0 Å². The van der Waals surface area contributed by atoms with Gasteiger partial charge in [0, 0.05) is 0 Å². The van der Waals surface area contributed by atoms with Gasteiger partial charge in [-0.1, -0.05) is 46.5 Å². The molecule has 0 heterocycles. The average Bonchev–Trinajstić information content (AvgIpc) is 2.23. The van der Waals surface area contributed by atoms with Gasteiger partial charge in [0.15, 0.2) is 0 Å². The summed E-state index contributed by atoms with van der Waals surface area (Å²) >= 11 is 0. The minimum atomic E-state index is -4.51. The van der Waals surface area contributed by atoms with Gasteiger partial charge >= 0.3 is 29.6 Å². The van der Waals surface area contributed by atoms with E-state index in [-0.39, 0.29) is 36.2 Å². The molecule has 0 aromatic heterocycles. The summed E-state index contributed by atoms with van der Waals surface area (Å²) < 4.78 is 34.8.